The van der Waals surface area contributed by atoms with E-state index in [1.54, 1.807) is 25.5 Å². The number of carbonyl (C=O) groups excluding carboxylic acids is 1. The quantitative estimate of drug-likeness (QED) is 0.849. The van der Waals surface area contributed by atoms with Gasteiger partial charge in [0.05, 0.1) is 19.3 Å². The molecule has 0 radical (unpaired) electrons. The molecule has 1 N–H and O–H groups in total. The molecule has 0 aliphatic carbocycles. The summed E-state index contributed by atoms with van der Waals surface area (Å²) in [6, 6.07) is 7.98. The summed E-state index contributed by atoms with van der Waals surface area (Å²) >= 11 is 1.67. The second kappa shape index (κ2) is 8.42. The Morgan fingerprint density at radius 3 is 2.60 bits per heavy atom. The monoisotopic (exact) mass is 360 g/mol. The van der Waals surface area contributed by atoms with Crippen molar-refractivity contribution in [3.05, 3.63) is 35.3 Å². The predicted molar refractivity (Wildman–Crippen MR) is 99.9 cm³/mol. The highest BCUT2D eigenvalue weighted by atomic mass is 32.1. The second-order valence-electron chi connectivity index (χ2n) is 6.06. The molecule has 2 heterocycles. The number of ether oxygens (including phenoxy) is 1. The topological polar surface area (TPSA) is 57.7 Å². The molecule has 0 spiro atoms. The average molecular weight is 360 g/mol. The van der Waals surface area contributed by atoms with E-state index in [-0.39, 0.29) is 5.91 Å². The predicted octanol–water partition coefficient (Wildman–Crippen LogP) is 1.68. The number of carbonyl (C=O) groups is 1. The molecular weight excluding hydrogens is 336 g/mol. The largest absolute Gasteiger partial charge is 0.497 e. The Balaban J connectivity index is 1.54. The molecule has 0 atom stereocenters. The number of methoxy groups -OCH3 is 1. The van der Waals surface area contributed by atoms with Crippen molar-refractivity contribution in [2.24, 2.45) is 0 Å². The molecule has 1 aliphatic heterocycles. The highest BCUT2D eigenvalue weighted by Gasteiger charge is 2.21. The van der Waals surface area contributed by atoms with E-state index in [0.29, 0.717) is 6.54 Å². The molecule has 2 aromatic rings. The lowest BCUT2D eigenvalue weighted by molar-refractivity contribution is -0.131. The zero-order valence-electron chi connectivity index (χ0n) is 14.7. The first-order valence-electron chi connectivity index (χ1n) is 8.43. The van der Waals surface area contributed by atoms with Gasteiger partial charge in [-0.15, -0.1) is 11.3 Å². The first-order valence-corrected chi connectivity index (χ1v) is 9.31. The van der Waals surface area contributed by atoms with Crippen molar-refractivity contribution in [2.75, 3.05) is 46.9 Å². The van der Waals surface area contributed by atoms with Crippen LogP contribution in [0.1, 0.15) is 5.69 Å². The summed E-state index contributed by atoms with van der Waals surface area (Å²) in [7, 11) is 3.47. The van der Waals surface area contributed by atoms with E-state index in [1.165, 1.54) is 0 Å². The van der Waals surface area contributed by atoms with Crippen LogP contribution in [0.3, 0.4) is 0 Å². The van der Waals surface area contributed by atoms with Gasteiger partial charge in [0.1, 0.15) is 10.8 Å². The fourth-order valence-corrected chi connectivity index (χ4v) is 3.71. The fourth-order valence-electron chi connectivity index (χ4n) is 2.89. The highest BCUT2D eigenvalue weighted by molar-refractivity contribution is 7.13. The van der Waals surface area contributed by atoms with Crippen LogP contribution in [0.2, 0.25) is 0 Å². The number of rotatable bonds is 6. The van der Waals surface area contributed by atoms with Gasteiger partial charge in [0.15, 0.2) is 0 Å². The Hall–Kier alpha value is -1.96. The molecule has 0 saturated carbocycles. The van der Waals surface area contributed by atoms with Crippen LogP contribution in [0.4, 0.5) is 0 Å². The Morgan fingerprint density at radius 2 is 1.96 bits per heavy atom. The van der Waals surface area contributed by atoms with Crippen molar-refractivity contribution in [1.29, 1.82) is 0 Å². The molecule has 1 fully saturated rings. The van der Waals surface area contributed by atoms with Crippen molar-refractivity contribution < 1.29 is 9.53 Å². The summed E-state index contributed by atoms with van der Waals surface area (Å²) in [5, 5.41) is 6.07. The van der Waals surface area contributed by atoms with Gasteiger partial charge in [-0.2, -0.15) is 0 Å². The summed E-state index contributed by atoms with van der Waals surface area (Å²) < 4.78 is 5.20. The van der Waals surface area contributed by atoms with Gasteiger partial charge in [0.2, 0.25) is 5.91 Å². The summed E-state index contributed by atoms with van der Waals surface area (Å²) in [4.78, 5) is 20.9. The van der Waals surface area contributed by atoms with Gasteiger partial charge in [-0.05, 0) is 31.3 Å². The second-order valence-corrected chi connectivity index (χ2v) is 6.92. The maximum Gasteiger partial charge on any atom is 0.236 e. The summed E-state index contributed by atoms with van der Waals surface area (Å²) in [5.41, 5.74) is 2.20. The van der Waals surface area contributed by atoms with Crippen molar-refractivity contribution in [1.82, 2.24) is 20.1 Å². The number of likely N-dealkylation sites (N-methyl/N-ethyl adjacent to an activating group) is 1. The van der Waals surface area contributed by atoms with E-state index in [1.807, 2.05) is 29.2 Å². The maximum atomic E-state index is 11.9. The van der Waals surface area contributed by atoms with Crippen molar-refractivity contribution in [2.45, 2.75) is 6.54 Å². The zero-order valence-corrected chi connectivity index (χ0v) is 15.5. The summed E-state index contributed by atoms with van der Waals surface area (Å²) in [6.45, 7) is 4.61. The minimum Gasteiger partial charge on any atom is -0.497 e. The van der Waals surface area contributed by atoms with Gasteiger partial charge in [-0.3, -0.25) is 9.69 Å². The lowest BCUT2D eigenvalue weighted by Crippen LogP contribution is -2.50. The van der Waals surface area contributed by atoms with E-state index in [0.717, 1.165) is 54.7 Å². The lowest BCUT2D eigenvalue weighted by Gasteiger charge is -2.34. The number of aromatic nitrogens is 1. The zero-order chi connectivity index (χ0) is 17.6. The van der Waals surface area contributed by atoms with E-state index in [2.05, 4.69) is 15.6 Å². The van der Waals surface area contributed by atoms with E-state index in [9.17, 15) is 4.79 Å². The van der Waals surface area contributed by atoms with Gasteiger partial charge in [-0.1, -0.05) is 0 Å². The normalized spacial score (nSPS) is 15.4. The minimum atomic E-state index is 0.178. The molecule has 1 aromatic carbocycles. The molecule has 1 aromatic heterocycles. The standard InChI is InChI=1S/C18H24N4O2S/c1-19-11-17(23)22-9-7-21(8-10-22)12-15-13-25-18(20-15)14-3-5-16(24-2)6-4-14/h3-6,13,19H,7-12H2,1-2H3. The number of hydrogen-bond donors (Lipinski definition) is 1. The van der Waals surface area contributed by atoms with E-state index < -0.39 is 0 Å². The lowest BCUT2D eigenvalue weighted by atomic mass is 10.2. The van der Waals surface area contributed by atoms with Crippen LogP contribution in [0.5, 0.6) is 5.75 Å². The van der Waals surface area contributed by atoms with Gasteiger partial charge in [0.25, 0.3) is 0 Å². The van der Waals surface area contributed by atoms with Crippen LogP contribution in [-0.2, 0) is 11.3 Å². The Labute approximate surface area is 152 Å². The molecule has 3 rings (SSSR count). The van der Waals surface area contributed by atoms with Gasteiger partial charge in [-0.25, -0.2) is 4.98 Å². The number of amides is 1. The molecule has 0 unspecified atom stereocenters. The third-order valence-electron chi connectivity index (χ3n) is 4.33. The number of benzene rings is 1. The smallest absolute Gasteiger partial charge is 0.236 e. The number of nitrogens with zero attached hydrogens (tertiary/aromatic N) is 3. The summed E-state index contributed by atoms with van der Waals surface area (Å²) in [5.74, 6) is 1.03. The number of thiazole rings is 1. The van der Waals surface area contributed by atoms with Crippen molar-refractivity contribution >= 4 is 17.2 Å². The van der Waals surface area contributed by atoms with E-state index >= 15 is 0 Å². The first kappa shape index (κ1) is 17.8. The molecule has 7 heteroatoms. The first-order chi connectivity index (χ1) is 12.2. The van der Waals surface area contributed by atoms with E-state index in [4.69, 9.17) is 9.72 Å². The third-order valence-corrected chi connectivity index (χ3v) is 5.27. The third kappa shape index (κ3) is 4.56. The SMILES string of the molecule is CNCC(=O)N1CCN(Cc2csc(-c3ccc(OC)cc3)n2)CC1. The fraction of sp³-hybridized carbons (Fsp3) is 0.444. The van der Waals surface area contributed by atoms with Crippen LogP contribution in [0.15, 0.2) is 29.6 Å². The Morgan fingerprint density at radius 1 is 1.24 bits per heavy atom. The highest BCUT2D eigenvalue weighted by Crippen LogP contribution is 2.26. The number of hydrogen-bond acceptors (Lipinski definition) is 6. The molecule has 1 amide bonds. The van der Waals surface area contributed by atoms with Crippen LogP contribution in [-0.4, -0.2) is 67.6 Å². The molecule has 0 bridgehead atoms. The van der Waals surface area contributed by atoms with Gasteiger partial charge < -0.3 is 15.0 Å². The van der Waals surface area contributed by atoms with Gasteiger partial charge in [0, 0.05) is 43.7 Å². The van der Waals surface area contributed by atoms with Crippen LogP contribution in [0.25, 0.3) is 10.6 Å². The van der Waals surface area contributed by atoms with Crippen molar-refractivity contribution in [3.63, 3.8) is 0 Å². The molecule has 25 heavy (non-hydrogen) atoms. The van der Waals surface area contributed by atoms with Crippen LogP contribution >= 0.6 is 11.3 Å². The van der Waals surface area contributed by atoms with Crippen LogP contribution in [0, 0.1) is 0 Å². The number of nitrogens with one attached hydrogen (secondary N) is 1. The Bertz CT molecular complexity index is 693. The van der Waals surface area contributed by atoms with Gasteiger partial charge >= 0.3 is 0 Å². The molecule has 134 valence electrons. The summed E-state index contributed by atoms with van der Waals surface area (Å²) in [6.07, 6.45) is 0. The minimum absolute atomic E-state index is 0.178. The Kier molecular flexibility index (Phi) is 6.01. The molecule has 1 aliphatic rings. The van der Waals surface area contributed by atoms with Crippen molar-refractivity contribution in [3.8, 4) is 16.3 Å². The molecular formula is C18H24N4O2S. The molecule has 6 nitrogen and oxygen atoms in total. The number of piperazine rings is 1. The molecule has 1 saturated heterocycles. The van der Waals surface area contributed by atoms with Crippen LogP contribution < -0.4 is 10.1 Å². The maximum absolute atomic E-state index is 11.9. The average Bonchev–Trinajstić information content (AvgIpc) is 3.11.